The number of unbranched alkanes of at least 4 members (excludes halogenated alkanes) is 1. The van der Waals surface area contributed by atoms with Crippen LogP contribution in [-0.2, 0) is 10.8 Å². The topological polar surface area (TPSA) is 3.24 Å². The van der Waals surface area contributed by atoms with E-state index in [0.717, 1.165) is 38.5 Å². The Bertz CT molecular complexity index is 2390. The van der Waals surface area contributed by atoms with Crippen molar-refractivity contribution < 1.29 is 0 Å². The molecule has 6 aliphatic rings. The van der Waals surface area contributed by atoms with Crippen LogP contribution in [0.5, 0.6) is 0 Å². The average Bonchev–Trinajstić information content (AvgIpc) is 3.83. The Hall–Kier alpha value is -5.18. The van der Waals surface area contributed by atoms with Gasteiger partial charge in [0.15, 0.2) is 0 Å². The highest BCUT2D eigenvalue weighted by molar-refractivity contribution is 7.13. The zero-order valence-electron chi connectivity index (χ0n) is 36.0. The second-order valence-electron chi connectivity index (χ2n) is 18.0. The number of allylic oxidation sites excluding steroid dienone is 18. The first-order chi connectivity index (χ1) is 29.4. The molecule has 7 atom stereocenters. The number of fused-ring (bicyclic) bond motifs is 7. The maximum Gasteiger partial charge on any atom is 0.0556 e. The smallest absolute Gasteiger partial charge is 0.0556 e. The second kappa shape index (κ2) is 17.1. The maximum absolute atomic E-state index is 3.90. The molecule has 1 nitrogen and oxygen atoms in total. The molecular formula is C58H61NS. The van der Waals surface area contributed by atoms with Crippen molar-refractivity contribution in [2.45, 2.75) is 89.0 Å². The minimum Gasteiger partial charge on any atom is -0.338 e. The van der Waals surface area contributed by atoms with E-state index < -0.39 is 0 Å². The molecule has 3 aromatic rings. The van der Waals surface area contributed by atoms with E-state index in [1.807, 2.05) is 6.08 Å². The third-order valence-corrected chi connectivity index (χ3v) is 16.3. The van der Waals surface area contributed by atoms with E-state index in [4.69, 9.17) is 0 Å². The van der Waals surface area contributed by atoms with Gasteiger partial charge in [-0.15, -0.1) is 17.9 Å². The van der Waals surface area contributed by atoms with Crippen LogP contribution in [0.25, 0.3) is 12.2 Å². The van der Waals surface area contributed by atoms with Gasteiger partial charge in [-0.1, -0.05) is 183 Å². The van der Waals surface area contributed by atoms with Gasteiger partial charge in [-0.2, -0.15) is 0 Å². The zero-order chi connectivity index (χ0) is 41.3. The quantitative estimate of drug-likeness (QED) is 0.100. The van der Waals surface area contributed by atoms with Gasteiger partial charge >= 0.3 is 0 Å². The summed E-state index contributed by atoms with van der Waals surface area (Å²) < 4.78 is 0. The van der Waals surface area contributed by atoms with Gasteiger partial charge in [-0.05, 0) is 116 Å². The van der Waals surface area contributed by atoms with Crippen molar-refractivity contribution in [2.75, 3.05) is 0 Å². The predicted molar refractivity (Wildman–Crippen MR) is 259 cm³/mol. The molecule has 9 rings (SSSR count). The van der Waals surface area contributed by atoms with Gasteiger partial charge in [0.25, 0.3) is 0 Å². The third-order valence-electron chi connectivity index (χ3n) is 14.7. The minimum atomic E-state index is -0.152. The van der Waals surface area contributed by atoms with Crippen molar-refractivity contribution in [3.8, 4) is 0 Å². The lowest BCUT2D eigenvalue weighted by atomic mass is 9.60. The first-order valence-electron chi connectivity index (χ1n) is 22.5. The van der Waals surface area contributed by atoms with Gasteiger partial charge in [0.1, 0.15) is 0 Å². The van der Waals surface area contributed by atoms with Gasteiger partial charge in [0.2, 0.25) is 0 Å². The fourth-order valence-corrected chi connectivity index (χ4v) is 13.4. The van der Waals surface area contributed by atoms with Crippen LogP contribution in [0.1, 0.15) is 104 Å². The normalized spacial score (nSPS) is 28.5. The molecule has 0 saturated heterocycles. The predicted octanol–water partition coefficient (Wildman–Crippen LogP) is 15.3. The van der Waals surface area contributed by atoms with Crippen molar-refractivity contribution in [1.29, 1.82) is 0 Å². The number of rotatable bonds is 12. The van der Waals surface area contributed by atoms with Crippen molar-refractivity contribution >= 4 is 23.5 Å². The molecule has 6 aliphatic carbocycles. The number of benzene rings is 2. The fourth-order valence-electron chi connectivity index (χ4n) is 11.7. The van der Waals surface area contributed by atoms with Crippen LogP contribution in [0.15, 0.2) is 193 Å². The van der Waals surface area contributed by atoms with Crippen molar-refractivity contribution in [3.05, 3.63) is 225 Å². The first kappa shape index (κ1) is 40.2. The molecule has 0 amide bonds. The van der Waals surface area contributed by atoms with Crippen LogP contribution in [-0.4, -0.2) is 10.9 Å². The maximum atomic E-state index is 3.90. The SMILES string of the molecule is C=CCC/C=C(C)/C(=C/C=C(\C)N(C1=CC[C@H]([C@@]2(C)CC=Cc3c2sc2c3C=CC3[C@@H]2[C@H]2C=CC=CC2C3(c2ccccc2)c2ccccc2)C=C1)[C@H]1C=CC=CC1)CC. The number of nitrogens with zero attached hydrogens (tertiary/aromatic N) is 1. The number of hydrogen-bond acceptors (Lipinski definition) is 2. The van der Waals surface area contributed by atoms with E-state index in [1.165, 1.54) is 44.8 Å². The molecule has 0 N–H and O–H groups in total. The molecule has 0 aliphatic heterocycles. The largest absolute Gasteiger partial charge is 0.338 e. The summed E-state index contributed by atoms with van der Waals surface area (Å²) in [6.45, 7) is 13.3. The average molecular weight is 804 g/mol. The van der Waals surface area contributed by atoms with Crippen molar-refractivity contribution in [3.63, 3.8) is 0 Å². The fraction of sp³-hybridized carbons (Fsp3) is 0.310. The summed E-state index contributed by atoms with van der Waals surface area (Å²) in [5.41, 5.74) is 11.0. The summed E-state index contributed by atoms with van der Waals surface area (Å²) in [5.74, 6) is 1.96. The standard InChI is InChI=1S/C58H61NS/c1-6-8-12-22-41(3)43(7-2)33-32-42(4)59(47-27-17-11-18-28-47)48-36-34-44(35-37-48)57(5)40-21-30-50-49-38-39-53-54(55(49)60-56(50)57)51-29-19-20-31-52(51)58(53,45-23-13-9-14-24-45)46-25-15-10-16-26-46/h6,9-11,13-27,29-34,36-39,44,47,51-54H,1,7-8,12,28,35,40H2,2-5H3/b41-22+,42-32+,43-33+/t44-,47+,51+,52?,53?,54+,57-/m1/s1. The zero-order valence-corrected chi connectivity index (χ0v) is 36.8. The Balaban J connectivity index is 1.05. The molecular weight excluding hydrogens is 743 g/mol. The Labute approximate surface area is 364 Å². The summed E-state index contributed by atoms with van der Waals surface area (Å²) in [6.07, 6.45) is 51.7. The second-order valence-corrected chi connectivity index (χ2v) is 19.0. The Kier molecular flexibility index (Phi) is 11.4. The van der Waals surface area contributed by atoms with Gasteiger partial charge in [0.05, 0.1) is 6.04 Å². The molecule has 2 unspecified atom stereocenters. The van der Waals surface area contributed by atoms with Crippen LogP contribution in [0.4, 0.5) is 0 Å². The molecule has 0 spiro atoms. The number of thiophene rings is 1. The molecule has 60 heavy (non-hydrogen) atoms. The molecule has 0 radical (unpaired) electrons. The van der Waals surface area contributed by atoms with Crippen LogP contribution in [0, 0.1) is 23.7 Å². The van der Waals surface area contributed by atoms with E-state index in [0.29, 0.717) is 35.6 Å². The van der Waals surface area contributed by atoms with E-state index in [1.54, 1.807) is 9.75 Å². The van der Waals surface area contributed by atoms with Gasteiger partial charge in [-0.3, -0.25) is 0 Å². The van der Waals surface area contributed by atoms with Crippen LogP contribution >= 0.6 is 11.3 Å². The molecule has 1 saturated carbocycles. The monoisotopic (exact) mass is 803 g/mol. The molecule has 1 heterocycles. The van der Waals surface area contributed by atoms with Crippen LogP contribution < -0.4 is 0 Å². The molecule has 304 valence electrons. The molecule has 2 aromatic carbocycles. The van der Waals surface area contributed by atoms with Crippen LogP contribution in [0.2, 0.25) is 0 Å². The Morgan fingerprint density at radius 1 is 0.783 bits per heavy atom. The third kappa shape index (κ3) is 6.86. The highest BCUT2D eigenvalue weighted by Gasteiger charge is 2.61. The van der Waals surface area contributed by atoms with Gasteiger partial charge in [0, 0.05) is 37.9 Å². The highest BCUT2D eigenvalue weighted by Crippen LogP contribution is 2.67. The molecule has 1 fully saturated rings. The number of hydrogen-bond donors (Lipinski definition) is 0. The summed E-state index contributed by atoms with van der Waals surface area (Å²) in [6, 6.07) is 23.2. The summed E-state index contributed by atoms with van der Waals surface area (Å²) in [4.78, 5) is 5.75. The summed E-state index contributed by atoms with van der Waals surface area (Å²) in [7, 11) is 0. The highest BCUT2D eigenvalue weighted by atomic mass is 32.1. The van der Waals surface area contributed by atoms with E-state index in [9.17, 15) is 0 Å². The molecule has 2 heteroatoms. The lowest BCUT2D eigenvalue weighted by Crippen LogP contribution is -2.39. The van der Waals surface area contributed by atoms with E-state index in [2.05, 4.69) is 221 Å². The lowest BCUT2D eigenvalue weighted by molar-refractivity contribution is 0.336. The van der Waals surface area contributed by atoms with Gasteiger partial charge < -0.3 is 4.90 Å². The van der Waals surface area contributed by atoms with Crippen LogP contribution in [0.3, 0.4) is 0 Å². The van der Waals surface area contributed by atoms with Gasteiger partial charge in [-0.25, -0.2) is 0 Å². The van der Waals surface area contributed by atoms with E-state index in [-0.39, 0.29) is 10.8 Å². The van der Waals surface area contributed by atoms with Crippen molar-refractivity contribution in [1.82, 2.24) is 4.90 Å². The molecule has 1 aromatic heterocycles. The first-order valence-corrected chi connectivity index (χ1v) is 23.4. The Morgan fingerprint density at radius 3 is 2.22 bits per heavy atom. The lowest BCUT2D eigenvalue weighted by Gasteiger charge is -2.42. The Morgan fingerprint density at radius 2 is 1.53 bits per heavy atom. The molecule has 0 bridgehead atoms. The summed E-state index contributed by atoms with van der Waals surface area (Å²) >= 11 is 2.15. The van der Waals surface area contributed by atoms with E-state index >= 15 is 0 Å². The van der Waals surface area contributed by atoms with Crippen molar-refractivity contribution in [2.24, 2.45) is 23.7 Å². The minimum absolute atomic E-state index is 0.0155. The summed E-state index contributed by atoms with van der Waals surface area (Å²) in [5, 5.41) is 0.